The van der Waals surface area contributed by atoms with Crippen LogP contribution in [0.4, 0.5) is 11.4 Å². The van der Waals surface area contributed by atoms with Gasteiger partial charge in [0.1, 0.15) is 5.69 Å². The summed E-state index contributed by atoms with van der Waals surface area (Å²) in [7, 11) is 0. The molecule has 0 atom stereocenters. The van der Waals surface area contributed by atoms with Crippen molar-refractivity contribution in [1.82, 2.24) is 0 Å². The monoisotopic (exact) mass is 302 g/mol. The Hall–Kier alpha value is -2.16. The Morgan fingerprint density at radius 1 is 1.59 bits per heavy atom. The van der Waals surface area contributed by atoms with Gasteiger partial charge >= 0.3 is 5.97 Å². The quantitative estimate of drug-likeness (QED) is 0.332. The van der Waals surface area contributed by atoms with E-state index < -0.39 is 16.7 Å². The maximum absolute atomic E-state index is 10.7. The topological polar surface area (TPSA) is 131 Å². The van der Waals surface area contributed by atoms with Crippen LogP contribution in [0, 0.1) is 10.1 Å². The smallest absolute Gasteiger partial charge is 0.373 e. The number of hydrogen-bond acceptors (Lipinski definition) is 5. The zero-order valence-electron chi connectivity index (χ0n) is 8.25. The third-order valence-electron chi connectivity index (χ3n) is 1.67. The van der Waals surface area contributed by atoms with Gasteiger partial charge in [-0.05, 0) is 12.1 Å². The normalized spacial score (nSPS) is 11.0. The zero-order valence-corrected chi connectivity index (χ0v) is 9.84. The second-order valence-electron chi connectivity index (χ2n) is 2.83. The van der Waals surface area contributed by atoms with Crippen molar-refractivity contribution >= 4 is 39.1 Å². The van der Waals surface area contributed by atoms with Crippen molar-refractivity contribution in [2.45, 2.75) is 0 Å². The number of nitrogens with zero attached hydrogens (tertiary/aromatic N) is 2. The minimum atomic E-state index is -1.42. The highest BCUT2D eigenvalue weighted by molar-refractivity contribution is 9.10. The van der Waals surface area contributed by atoms with E-state index in [1.807, 2.05) is 0 Å². The van der Waals surface area contributed by atoms with Gasteiger partial charge < -0.3 is 10.8 Å². The van der Waals surface area contributed by atoms with Crippen LogP contribution >= 0.6 is 15.9 Å². The van der Waals surface area contributed by atoms with Crippen molar-refractivity contribution in [3.63, 3.8) is 0 Å². The van der Waals surface area contributed by atoms with Crippen molar-refractivity contribution in [3.8, 4) is 0 Å². The highest BCUT2D eigenvalue weighted by Gasteiger charge is 2.14. The van der Waals surface area contributed by atoms with Crippen molar-refractivity contribution in [3.05, 3.63) is 32.8 Å². The molecule has 0 amide bonds. The number of hydrogen-bond donors (Lipinski definition) is 3. The molecule has 0 aliphatic rings. The molecule has 90 valence electrons. The fourth-order valence-corrected chi connectivity index (χ4v) is 1.27. The minimum absolute atomic E-state index is 0.0439. The molecule has 0 unspecified atom stereocenters. The van der Waals surface area contributed by atoms with Gasteiger partial charge in [-0.2, -0.15) is 0 Å². The molecule has 17 heavy (non-hydrogen) atoms. The third-order valence-corrected chi connectivity index (χ3v) is 2.17. The Labute approximate surface area is 103 Å². The summed E-state index contributed by atoms with van der Waals surface area (Å²) in [6.07, 6.45) is 0. The molecular weight excluding hydrogens is 296 g/mol. The summed E-state index contributed by atoms with van der Waals surface area (Å²) < 4.78 is 0.518. The Bertz CT molecular complexity index is 502. The van der Waals surface area contributed by atoms with Gasteiger partial charge in [-0.25, -0.2) is 4.79 Å². The molecule has 0 aliphatic carbocycles. The number of nitrogens with two attached hydrogens (primary N) is 1. The van der Waals surface area contributed by atoms with Crippen LogP contribution in [-0.2, 0) is 4.79 Å². The van der Waals surface area contributed by atoms with E-state index in [9.17, 15) is 14.9 Å². The lowest BCUT2D eigenvalue weighted by Crippen LogP contribution is -2.24. The molecule has 0 spiro atoms. The number of nitrogens with one attached hydrogen (secondary N) is 1. The number of halogens is 1. The predicted octanol–water partition coefficient (Wildman–Crippen LogP) is 1.13. The Balaban J connectivity index is 3.03. The minimum Gasteiger partial charge on any atom is -0.475 e. The first-order valence-corrected chi connectivity index (χ1v) is 4.97. The first-order chi connectivity index (χ1) is 7.91. The van der Waals surface area contributed by atoms with E-state index >= 15 is 0 Å². The van der Waals surface area contributed by atoms with Crippen molar-refractivity contribution in [2.75, 3.05) is 5.43 Å². The number of anilines is 1. The largest absolute Gasteiger partial charge is 0.475 e. The van der Waals surface area contributed by atoms with Crippen LogP contribution in [0.15, 0.2) is 27.8 Å². The zero-order chi connectivity index (χ0) is 13.0. The lowest BCUT2D eigenvalue weighted by atomic mass is 10.3. The van der Waals surface area contributed by atoms with Crippen LogP contribution in [0.25, 0.3) is 0 Å². The van der Waals surface area contributed by atoms with E-state index in [4.69, 9.17) is 10.8 Å². The van der Waals surface area contributed by atoms with Gasteiger partial charge in [-0.15, -0.1) is 5.10 Å². The Morgan fingerprint density at radius 3 is 2.76 bits per heavy atom. The SMILES string of the molecule is N/C(=N\Nc1ccc(Br)cc1[N+](=O)[O-])C(=O)O. The van der Waals surface area contributed by atoms with Crippen LogP contribution in [-0.4, -0.2) is 21.8 Å². The first-order valence-electron chi connectivity index (χ1n) is 4.18. The van der Waals surface area contributed by atoms with E-state index in [1.54, 1.807) is 6.07 Å². The summed E-state index contributed by atoms with van der Waals surface area (Å²) in [4.78, 5) is 20.4. The molecule has 0 radical (unpaired) electrons. The summed E-state index contributed by atoms with van der Waals surface area (Å²) in [5, 5.41) is 22.4. The van der Waals surface area contributed by atoms with Crippen molar-refractivity contribution < 1.29 is 14.8 Å². The second-order valence-corrected chi connectivity index (χ2v) is 3.75. The van der Waals surface area contributed by atoms with Gasteiger partial charge in [0, 0.05) is 10.5 Å². The van der Waals surface area contributed by atoms with E-state index in [0.29, 0.717) is 4.47 Å². The lowest BCUT2D eigenvalue weighted by molar-refractivity contribution is -0.384. The molecule has 0 bridgehead atoms. The number of benzene rings is 1. The van der Waals surface area contributed by atoms with Gasteiger partial charge in [0.15, 0.2) is 0 Å². The molecule has 0 saturated heterocycles. The predicted molar refractivity (Wildman–Crippen MR) is 63.7 cm³/mol. The van der Waals surface area contributed by atoms with E-state index in [0.717, 1.165) is 0 Å². The highest BCUT2D eigenvalue weighted by Crippen LogP contribution is 2.27. The number of carboxylic acid groups (broad SMARTS) is 1. The van der Waals surface area contributed by atoms with Crippen LogP contribution < -0.4 is 11.2 Å². The van der Waals surface area contributed by atoms with Crippen LogP contribution in [0.2, 0.25) is 0 Å². The molecule has 8 nitrogen and oxygen atoms in total. The number of carboxylic acids is 1. The second kappa shape index (κ2) is 5.25. The molecular formula is C8H7BrN4O4. The average Bonchev–Trinajstić information content (AvgIpc) is 2.26. The number of carbonyl (C=O) groups is 1. The van der Waals surface area contributed by atoms with E-state index in [2.05, 4.69) is 26.5 Å². The summed E-state index contributed by atoms with van der Waals surface area (Å²) in [5.74, 6) is -2.11. The number of nitro groups is 1. The molecule has 1 aromatic carbocycles. The van der Waals surface area contributed by atoms with Gasteiger partial charge in [-0.3, -0.25) is 15.5 Å². The van der Waals surface area contributed by atoms with E-state index in [1.165, 1.54) is 12.1 Å². The standard InChI is InChI=1S/C8H7BrN4O4/c9-4-1-2-5(6(3-4)13(16)17)11-12-7(10)8(14)15/h1-3,11H,(H2,10,12)(H,14,15). The summed E-state index contributed by atoms with van der Waals surface area (Å²) in [6.45, 7) is 0. The third kappa shape index (κ3) is 3.41. The van der Waals surface area contributed by atoms with Gasteiger partial charge in [0.05, 0.1) is 4.92 Å². The first kappa shape index (κ1) is 12.9. The molecule has 9 heteroatoms. The molecule has 0 aromatic heterocycles. The molecule has 4 N–H and O–H groups in total. The molecule has 1 aromatic rings. The summed E-state index contributed by atoms with van der Waals surface area (Å²) in [5.41, 5.74) is 7.05. The summed E-state index contributed by atoms with van der Waals surface area (Å²) in [6, 6.07) is 4.18. The molecule has 0 aliphatic heterocycles. The van der Waals surface area contributed by atoms with Crippen molar-refractivity contribution in [2.24, 2.45) is 10.8 Å². The van der Waals surface area contributed by atoms with Crippen LogP contribution in [0.3, 0.4) is 0 Å². The van der Waals surface area contributed by atoms with Crippen LogP contribution in [0.1, 0.15) is 0 Å². The number of amidine groups is 1. The summed E-state index contributed by atoms with van der Waals surface area (Å²) >= 11 is 3.08. The fourth-order valence-electron chi connectivity index (χ4n) is 0.919. The number of aliphatic carboxylic acids is 1. The highest BCUT2D eigenvalue weighted by atomic mass is 79.9. The number of rotatable bonds is 3. The Kier molecular flexibility index (Phi) is 3.99. The Morgan fingerprint density at radius 2 is 2.24 bits per heavy atom. The molecule has 1 rings (SSSR count). The van der Waals surface area contributed by atoms with Gasteiger partial charge in [-0.1, -0.05) is 15.9 Å². The van der Waals surface area contributed by atoms with Gasteiger partial charge in [0.2, 0.25) is 5.84 Å². The van der Waals surface area contributed by atoms with Gasteiger partial charge in [0.25, 0.3) is 5.69 Å². The fraction of sp³-hybridized carbons (Fsp3) is 0. The average molecular weight is 303 g/mol. The van der Waals surface area contributed by atoms with E-state index in [-0.39, 0.29) is 11.4 Å². The number of nitro benzene ring substituents is 1. The lowest BCUT2D eigenvalue weighted by Gasteiger charge is -2.02. The molecule has 0 saturated carbocycles. The van der Waals surface area contributed by atoms with Crippen molar-refractivity contribution in [1.29, 1.82) is 0 Å². The maximum atomic E-state index is 10.7. The van der Waals surface area contributed by atoms with Crippen LogP contribution in [0.5, 0.6) is 0 Å². The maximum Gasteiger partial charge on any atom is 0.373 e. The number of hydrazone groups is 1. The molecule has 0 heterocycles. The molecule has 0 fully saturated rings.